The van der Waals surface area contributed by atoms with Crippen molar-refractivity contribution in [1.29, 1.82) is 0 Å². The SMILES string of the molecule is C[C@@H](CO)Nc1cnc(N)cn1. The molecule has 0 saturated heterocycles. The van der Waals surface area contributed by atoms with Crippen LogP contribution in [0.1, 0.15) is 6.92 Å². The highest BCUT2D eigenvalue weighted by atomic mass is 16.3. The summed E-state index contributed by atoms with van der Waals surface area (Å²) in [6.45, 7) is 1.91. The lowest BCUT2D eigenvalue weighted by Gasteiger charge is -2.10. The number of aliphatic hydroxyl groups is 1. The van der Waals surface area contributed by atoms with Gasteiger partial charge in [0.15, 0.2) is 0 Å². The number of nitrogens with zero attached hydrogens (tertiary/aromatic N) is 2. The molecular weight excluding hydrogens is 156 g/mol. The maximum Gasteiger partial charge on any atom is 0.144 e. The summed E-state index contributed by atoms with van der Waals surface area (Å²) in [5.41, 5.74) is 5.34. The number of nitrogen functional groups attached to an aromatic ring is 1. The number of nitrogens with two attached hydrogens (primary N) is 1. The zero-order valence-corrected chi connectivity index (χ0v) is 6.86. The van der Waals surface area contributed by atoms with Gasteiger partial charge in [0, 0.05) is 6.04 Å². The van der Waals surface area contributed by atoms with Gasteiger partial charge in [0.1, 0.15) is 11.6 Å². The first kappa shape index (κ1) is 8.73. The Morgan fingerprint density at radius 2 is 2.33 bits per heavy atom. The Kier molecular flexibility index (Phi) is 2.82. The Morgan fingerprint density at radius 1 is 1.58 bits per heavy atom. The summed E-state index contributed by atoms with van der Waals surface area (Å²) in [5, 5.41) is 11.7. The summed E-state index contributed by atoms with van der Waals surface area (Å²) >= 11 is 0. The number of aromatic nitrogens is 2. The molecule has 0 unspecified atom stereocenters. The van der Waals surface area contributed by atoms with Gasteiger partial charge in [-0.1, -0.05) is 0 Å². The number of nitrogens with one attached hydrogen (secondary N) is 1. The normalized spacial score (nSPS) is 12.5. The van der Waals surface area contributed by atoms with Crippen molar-refractivity contribution in [1.82, 2.24) is 9.97 Å². The largest absolute Gasteiger partial charge is 0.394 e. The Morgan fingerprint density at radius 3 is 2.83 bits per heavy atom. The Labute approximate surface area is 70.6 Å². The number of hydrogen-bond acceptors (Lipinski definition) is 5. The molecule has 66 valence electrons. The molecule has 5 nitrogen and oxygen atoms in total. The van der Waals surface area contributed by atoms with E-state index < -0.39 is 0 Å². The maximum atomic E-state index is 8.72. The fourth-order valence-electron chi connectivity index (χ4n) is 0.711. The summed E-state index contributed by atoms with van der Waals surface area (Å²) in [6.07, 6.45) is 2.99. The number of aliphatic hydroxyl groups excluding tert-OH is 1. The van der Waals surface area contributed by atoms with Crippen LogP contribution in [0.5, 0.6) is 0 Å². The van der Waals surface area contributed by atoms with Crippen LogP contribution in [-0.2, 0) is 0 Å². The Bertz CT molecular complexity index is 236. The number of hydrogen-bond donors (Lipinski definition) is 3. The second-order valence-electron chi connectivity index (χ2n) is 2.55. The van der Waals surface area contributed by atoms with E-state index in [0.29, 0.717) is 11.6 Å². The number of anilines is 2. The van der Waals surface area contributed by atoms with Crippen LogP contribution in [0.4, 0.5) is 11.6 Å². The van der Waals surface area contributed by atoms with Gasteiger partial charge in [-0.15, -0.1) is 0 Å². The fraction of sp³-hybridized carbons (Fsp3) is 0.429. The van der Waals surface area contributed by atoms with E-state index in [2.05, 4.69) is 15.3 Å². The van der Waals surface area contributed by atoms with Crippen molar-refractivity contribution < 1.29 is 5.11 Å². The van der Waals surface area contributed by atoms with Gasteiger partial charge >= 0.3 is 0 Å². The Balaban J connectivity index is 2.58. The molecule has 0 saturated carbocycles. The summed E-state index contributed by atoms with van der Waals surface area (Å²) in [4.78, 5) is 7.79. The molecule has 0 aliphatic rings. The molecule has 0 amide bonds. The van der Waals surface area contributed by atoms with Gasteiger partial charge < -0.3 is 16.2 Å². The lowest BCUT2D eigenvalue weighted by atomic mass is 10.4. The number of rotatable bonds is 3. The minimum absolute atomic E-state index is 0.0251. The van der Waals surface area contributed by atoms with Crippen LogP contribution < -0.4 is 11.1 Å². The van der Waals surface area contributed by atoms with Gasteiger partial charge in [-0.3, -0.25) is 0 Å². The van der Waals surface area contributed by atoms with E-state index in [1.807, 2.05) is 6.92 Å². The third kappa shape index (κ3) is 2.35. The van der Waals surface area contributed by atoms with E-state index in [-0.39, 0.29) is 12.6 Å². The van der Waals surface area contributed by atoms with E-state index in [9.17, 15) is 0 Å². The van der Waals surface area contributed by atoms with Crippen molar-refractivity contribution in [3.8, 4) is 0 Å². The first-order chi connectivity index (χ1) is 5.72. The molecule has 0 aromatic carbocycles. The summed E-state index contributed by atoms with van der Waals surface area (Å²) < 4.78 is 0. The van der Waals surface area contributed by atoms with E-state index in [4.69, 9.17) is 10.8 Å². The standard InChI is InChI=1S/C7H12N4O/c1-5(4-12)11-7-3-9-6(8)2-10-7/h2-3,5,12H,4H2,1H3,(H2,8,9)(H,10,11)/t5-/m0/s1. The van der Waals surface area contributed by atoms with Gasteiger partial charge in [0.25, 0.3) is 0 Å². The van der Waals surface area contributed by atoms with Crippen LogP contribution in [0.25, 0.3) is 0 Å². The molecule has 1 aromatic heterocycles. The molecule has 4 N–H and O–H groups in total. The monoisotopic (exact) mass is 168 g/mol. The second kappa shape index (κ2) is 3.87. The molecule has 5 heteroatoms. The van der Waals surface area contributed by atoms with E-state index >= 15 is 0 Å². The first-order valence-corrected chi connectivity index (χ1v) is 3.67. The third-order valence-electron chi connectivity index (χ3n) is 1.34. The molecule has 0 aliphatic heterocycles. The predicted molar refractivity (Wildman–Crippen MR) is 46.6 cm³/mol. The van der Waals surface area contributed by atoms with Crippen molar-refractivity contribution >= 4 is 11.6 Å². The van der Waals surface area contributed by atoms with Crippen LogP contribution in [0.2, 0.25) is 0 Å². The molecule has 0 spiro atoms. The molecule has 0 radical (unpaired) electrons. The topological polar surface area (TPSA) is 84.1 Å². The molecule has 0 aliphatic carbocycles. The highest BCUT2D eigenvalue weighted by molar-refractivity contribution is 5.36. The molecular formula is C7H12N4O. The molecule has 1 atom stereocenters. The smallest absolute Gasteiger partial charge is 0.144 e. The fourth-order valence-corrected chi connectivity index (χ4v) is 0.711. The zero-order chi connectivity index (χ0) is 8.97. The molecule has 1 aromatic rings. The van der Waals surface area contributed by atoms with E-state index in [1.165, 1.54) is 12.4 Å². The average molecular weight is 168 g/mol. The highest BCUT2D eigenvalue weighted by Gasteiger charge is 1.99. The molecule has 1 rings (SSSR count). The van der Waals surface area contributed by atoms with Crippen molar-refractivity contribution in [2.45, 2.75) is 13.0 Å². The summed E-state index contributed by atoms with van der Waals surface area (Å²) in [5.74, 6) is 1.00. The third-order valence-corrected chi connectivity index (χ3v) is 1.34. The Hall–Kier alpha value is -1.36. The van der Waals surface area contributed by atoms with Crippen molar-refractivity contribution in [3.63, 3.8) is 0 Å². The van der Waals surface area contributed by atoms with Crippen LogP contribution in [-0.4, -0.2) is 27.7 Å². The minimum atomic E-state index is -0.0251. The lowest BCUT2D eigenvalue weighted by molar-refractivity contribution is 0.281. The lowest BCUT2D eigenvalue weighted by Crippen LogP contribution is -2.20. The highest BCUT2D eigenvalue weighted by Crippen LogP contribution is 2.02. The van der Waals surface area contributed by atoms with Gasteiger partial charge in [-0.2, -0.15) is 0 Å². The summed E-state index contributed by atoms with van der Waals surface area (Å²) in [7, 11) is 0. The van der Waals surface area contributed by atoms with Crippen LogP contribution in [0, 0.1) is 0 Å². The van der Waals surface area contributed by atoms with Crippen LogP contribution in [0.15, 0.2) is 12.4 Å². The van der Waals surface area contributed by atoms with Crippen LogP contribution in [0.3, 0.4) is 0 Å². The zero-order valence-electron chi connectivity index (χ0n) is 6.86. The first-order valence-electron chi connectivity index (χ1n) is 3.67. The van der Waals surface area contributed by atoms with Gasteiger partial charge in [-0.25, -0.2) is 9.97 Å². The van der Waals surface area contributed by atoms with Crippen molar-refractivity contribution in [2.75, 3.05) is 17.7 Å². The second-order valence-corrected chi connectivity index (χ2v) is 2.55. The van der Waals surface area contributed by atoms with Gasteiger partial charge in [0.05, 0.1) is 19.0 Å². The summed E-state index contributed by atoms with van der Waals surface area (Å²) in [6, 6.07) is -0.0251. The van der Waals surface area contributed by atoms with E-state index in [0.717, 1.165) is 0 Å². The molecule has 1 heterocycles. The van der Waals surface area contributed by atoms with Gasteiger partial charge in [0.2, 0.25) is 0 Å². The average Bonchev–Trinajstić information content (AvgIpc) is 2.09. The van der Waals surface area contributed by atoms with Crippen molar-refractivity contribution in [2.24, 2.45) is 0 Å². The molecule has 12 heavy (non-hydrogen) atoms. The van der Waals surface area contributed by atoms with E-state index in [1.54, 1.807) is 0 Å². The minimum Gasteiger partial charge on any atom is -0.394 e. The predicted octanol–water partition coefficient (Wildman–Crippen LogP) is -0.149. The van der Waals surface area contributed by atoms with Crippen molar-refractivity contribution in [3.05, 3.63) is 12.4 Å². The molecule has 0 fully saturated rings. The van der Waals surface area contributed by atoms with Gasteiger partial charge in [-0.05, 0) is 6.92 Å². The molecule has 0 bridgehead atoms. The van der Waals surface area contributed by atoms with Crippen LogP contribution >= 0.6 is 0 Å². The maximum absolute atomic E-state index is 8.72. The quantitative estimate of drug-likeness (QED) is 0.584.